The second-order valence-electron chi connectivity index (χ2n) is 8.02. The Morgan fingerprint density at radius 1 is 1.12 bits per heavy atom. The number of amides is 1. The van der Waals surface area contributed by atoms with Crippen LogP contribution in [0, 0.1) is 5.41 Å². The largest absolute Gasteiger partial charge is 0.343 e. The minimum absolute atomic E-state index is 0.0949. The van der Waals surface area contributed by atoms with E-state index in [1.807, 2.05) is 4.90 Å². The lowest BCUT2D eigenvalue weighted by atomic mass is 9.62. The molecule has 3 rings (SSSR count). The molecule has 2 saturated heterocycles. The molecular weight excluding hydrogens is 312 g/mol. The van der Waals surface area contributed by atoms with Crippen molar-refractivity contribution in [3.63, 3.8) is 0 Å². The lowest BCUT2D eigenvalue weighted by Gasteiger charge is -2.62. The van der Waals surface area contributed by atoms with Crippen LogP contribution >= 0.6 is 0 Å². The van der Waals surface area contributed by atoms with E-state index in [2.05, 4.69) is 49.1 Å². The molecule has 1 aromatic rings. The molecule has 136 valence electrons. The highest BCUT2D eigenvalue weighted by atomic mass is 16.2. The average molecular weight is 342 g/mol. The zero-order chi connectivity index (χ0) is 18.0. The van der Waals surface area contributed by atoms with Crippen molar-refractivity contribution in [2.75, 3.05) is 19.6 Å². The van der Waals surface area contributed by atoms with Gasteiger partial charge >= 0.3 is 0 Å². The molecule has 1 atom stereocenters. The fraction of sp³-hybridized carbons (Fsp3) is 0.619. The minimum atomic E-state index is 0.0949. The van der Waals surface area contributed by atoms with Gasteiger partial charge in [0.2, 0.25) is 5.91 Å². The number of hydrogen-bond acceptors (Lipinski definition) is 3. The van der Waals surface area contributed by atoms with Crippen LogP contribution in [0.15, 0.2) is 30.3 Å². The van der Waals surface area contributed by atoms with E-state index in [0.29, 0.717) is 30.3 Å². The Labute approximate surface area is 151 Å². The minimum Gasteiger partial charge on any atom is -0.343 e. The van der Waals surface area contributed by atoms with Crippen molar-refractivity contribution in [3.05, 3.63) is 35.9 Å². The van der Waals surface area contributed by atoms with Gasteiger partial charge in [-0.05, 0) is 39.2 Å². The van der Waals surface area contributed by atoms with Crippen LogP contribution in [0.4, 0.5) is 0 Å². The molecule has 2 aliphatic rings. The summed E-state index contributed by atoms with van der Waals surface area (Å²) in [5.41, 5.74) is 1.70. The number of ketones is 1. The van der Waals surface area contributed by atoms with Crippen molar-refractivity contribution in [2.24, 2.45) is 5.41 Å². The monoisotopic (exact) mass is 342 g/mol. The highest BCUT2D eigenvalue weighted by Gasteiger charge is 2.54. The molecule has 2 aliphatic heterocycles. The molecule has 2 heterocycles. The second-order valence-corrected chi connectivity index (χ2v) is 8.02. The molecule has 0 aliphatic carbocycles. The molecule has 4 heteroatoms. The van der Waals surface area contributed by atoms with Gasteiger partial charge in [0, 0.05) is 50.0 Å². The molecule has 0 bridgehead atoms. The lowest BCUT2D eigenvalue weighted by Crippen LogP contribution is -2.64. The lowest BCUT2D eigenvalue weighted by molar-refractivity contribution is -0.148. The van der Waals surface area contributed by atoms with Gasteiger partial charge in [-0.1, -0.05) is 30.3 Å². The van der Waals surface area contributed by atoms with Gasteiger partial charge in [-0.2, -0.15) is 0 Å². The molecule has 4 nitrogen and oxygen atoms in total. The number of benzene rings is 1. The first kappa shape index (κ1) is 18.1. The topological polar surface area (TPSA) is 40.6 Å². The Morgan fingerprint density at radius 2 is 1.76 bits per heavy atom. The summed E-state index contributed by atoms with van der Waals surface area (Å²) < 4.78 is 0. The molecule has 0 aromatic heterocycles. The molecule has 0 saturated carbocycles. The molecule has 0 N–H and O–H groups in total. The highest BCUT2D eigenvalue weighted by Crippen LogP contribution is 2.55. The van der Waals surface area contributed by atoms with Gasteiger partial charge in [-0.15, -0.1) is 0 Å². The zero-order valence-electron chi connectivity index (χ0n) is 15.7. The fourth-order valence-corrected chi connectivity index (χ4v) is 4.52. The molecule has 1 aromatic carbocycles. The molecule has 1 amide bonds. The van der Waals surface area contributed by atoms with Crippen LogP contribution in [0.3, 0.4) is 0 Å². The average Bonchev–Trinajstić information content (AvgIpc) is 2.58. The second kappa shape index (κ2) is 7.28. The molecule has 1 spiro atoms. The summed E-state index contributed by atoms with van der Waals surface area (Å²) in [6.45, 7) is 8.86. The van der Waals surface area contributed by atoms with Gasteiger partial charge in [0.15, 0.2) is 0 Å². The van der Waals surface area contributed by atoms with Crippen molar-refractivity contribution in [3.8, 4) is 0 Å². The normalized spacial score (nSPS) is 22.9. The predicted molar refractivity (Wildman–Crippen MR) is 99.2 cm³/mol. The third-order valence-corrected chi connectivity index (χ3v) is 5.99. The first-order chi connectivity index (χ1) is 11.9. The van der Waals surface area contributed by atoms with Crippen molar-refractivity contribution in [1.29, 1.82) is 0 Å². The number of nitrogens with zero attached hydrogens (tertiary/aromatic N) is 2. The number of carbonyl (C=O) groups excluding carboxylic acids is 2. The summed E-state index contributed by atoms with van der Waals surface area (Å²) in [5, 5.41) is 0. The maximum absolute atomic E-state index is 12.3. The third-order valence-electron chi connectivity index (χ3n) is 5.99. The summed E-state index contributed by atoms with van der Waals surface area (Å²) in [5.74, 6) is 0.235. The smallest absolute Gasteiger partial charge is 0.223 e. The van der Waals surface area contributed by atoms with Crippen LogP contribution in [0.1, 0.15) is 58.1 Å². The molecule has 2 fully saturated rings. The number of Topliss-reactive ketones (excluding diaryl/α,β-unsaturated/α-hetero) is 1. The Bertz CT molecular complexity index is 618. The maximum Gasteiger partial charge on any atom is 0.223 e. The summed E-state index contributed by atoms with van der Waals surface area (Å²) in [6, 6.07) is 11.8. The summed E-state index contributed by atoms with van der Waals surface area (Å²) in [7, 11) is 0. The number of rotatable bonds is 5. The van der Waals surface area contributed by atoms with Crippen molar-refractivity contribution >= 4 is 11.7 Å². The van der Waals surface area contributed by atoms with Gasteiger partial charge in [0.25, 0.3) is 0 Å². The van der Waals surface area contributed by atoms with Crippen LogP contribution in [0.25, 0.3) is 0 Å². The van der Waals surface area contributed by atoms with Gasteiger partial charge in [-0.3, -0.25) is 9.69 Å². The van der Waals surface area contributed by atoms with E-state index in [9.17, 15) is 9.59 Å². The Hall–Kier alpha value is -1.68. The number of piperidine rings is 1. The Morgan fingerprint density at radius 3 is 2.32 bits per heavy atom. The van der Waals surface area contributed by atoms with Crippen LogP contribution in [0.5, 0.6) is 0 Å². The third kappa shape index (κ3) is 3.64. The zero-order valence-corrected chi connectivity index (χ0v) is 15.7. The molecule has 25 heavy (non-hydrogen) atoms. The first-order valence-electron chi connectivity index (χ1n) is 9.51. The van der Waals surface area contributed by atoms with E-state index in [1.54, 1.807) is 6.92 Å². The quantitative estimate of drug-likeness (QED) is 0.823. The van der Waals surface area contributed by atoms with E-state index in [4.69, 9.17) is 0 Å². The van der Waals surface area contributed by atoms with E-state index < -0.39 is 0 Å². The van der Waals surface area contributed by atoms with Crippen molar-refractivity contribution < 1.29 is 9.59 Å². The maximum atomic E-state index is 12.3. The summed E-state index contributed by atoms with van der Waals surface area (Å²) in [4.78, 5) is 28.0. The molecular formula is C21H30N2O2. The predicted octanol–water partition coefficient (Wildman–Crippen LogP) is 3.43. The number of hydrogen-bond donors (Lipinski definition) is 0. The van der Waals surface area contributed by atoms with Gasteiger partial charge < -0.3 is 9.69 Å². The Kier molecular flexibility index (Phi) is 5.28. The molecule has 0 radical (unpaired) electrons. The fourth-order valence-electron chi connectivity index (χ4n) is 4.52. The van der Waals surface area contributed by atoms with E-state index in [1.165, 1.54) is 5.56 Å². The van der Waals surface area contributed by atoms with Gasteiger partial charge in [0.05, 0.1) is 0 Å². The summed E-state index contributed by atoms with van der Waals surface area (Å²) in [6.07, 6.45) is 2.85. The van der Waals surface area contributed by atoms with E-state index in [-0.39, 0.29) is 11.7 Å². The van der Waals surface area contributed by atoms with Crippen molar-refractivity contribution in [1.82, 2.24) is 9.80 Å². The van der Waals surface area contributed by atoms with Crippen LogP contribution in [-0.4, -0.2) is 47.2 Å². The summed E-state index contributed by atoms with van der Waals surface area (Å²) >= 11 is 0. The SMILES string of the molecule is CC(=O)CCC(=O)N1CCC2(CC1)CN(C(C)C)C2c1ccccc1. The number of likely N-dealkylation sites (tertiary alicyclic amines) is 2. The van der Waals surface area contributed by atoms with E-state index in [0.717, 1.165) is 32.5 Å². The van der Waals surface area contributed by atoms with E-state index >= 15 is 0 Å². The van der Waals surface area contributed by atoms with Crippen molar-refractivity contribution in [2.45, 2.75) is 58.5 Å². The van der Waals surface area contributed by atoms with Gasteiger partial charge in [0.1, 0.15) is 5.78 Å². The highest BCUT2D eigenvalue weighted by molar-refractivity contribution is 5.83. The standard InChI is InChI=1S/C21H30N2O2/c1-16(2)23-15-21(20(23)18-7-5-4-6-8-18)11-13-22(14-12-21)19(25)10-9-17(3)24/h4-8,16,20H,9-15H2,1-3H3. The van der Waals surface area contributed by atoms with Crippen LogP contribution in [-0.2, 0) is 9.59 Å². The van der Waals surface area contributed by atoms with Gasteiger partial charge in [-0.25, -0.2) is 0 Å². The first-order valence-corrected chi connectivity index (χ1v) is 9.51. The molecule has 1 unspecified atom stereocenters. The van der Waals surface area contributed by atoms with Crippen LogP contribution < -0.4 is 0 Å². The van der Waals surface area contributed by atoms with Crippen LogP contribution in [0.2, 0.25) is 0 Å². The number of carbonyl (C=O) groups is 2. The Balaban J connectivity index is 1.67.